The molecule has 0 aliphatic heterocycles. The Hall–Kier alpha value is -4.73. The fourth-order valence-electron chi connectivity index (χ4n) is 4.43. The monoisotopic (exact) mass is 681 g/mol. The van der Waals surface area contributed by atoms with Crippen molar-refractivity contribution in [1.29, 1.82) is 0 Å². The number of hydrogen-bond donors (Lipinski definition) is 0. The fraction of sp³-hybridized carbons (Fsp3) is 0.0606. The molecule has 0 aliphatic rings. The van der Waals surface area contributed by atoms with E-state index in [1.165, 1.54) is 24.3 Å². The van der Waals surface area contributed by atoms with E-state index in [4.69, 9.17) is 35.2 Å². The zero-order chi connectivity index (χ0) is 32.3. The van der Waals surface area contributed by atoms with E-state index in [0.29, 0.717) is 45.3 Å². The Kier molecular flexibility index (Phi) is 11.7. The zero-order valence-corrected chi connectivity index (χ0v) is 26.6. The second kappa shape index (κ2) is 15.8. The molecule has 228 valence electrons. The van der Waals surface area contributed by atoms with Crippen LogP contribution < -0.4 is 0 Å². The van der Waals surface area contributed by atoms with Gasteiger partial charge >= 0.3 is 33.3 Å². The molecule has 0 unspecified atom stereocenters. The van der Waals surface area contributed by atoms with Crippen molar-refractivity contribution in [3.8, 4) is 0 Å². The third-order valence-electron chi connectivity index (χ3n) is 6.58. The van der Waals surface area contributed by atoms with Gasteiger partial charge in [-0.3, -0.25) is 20.2 Å². The minimum atomic E-state index is -0.430. The number of non-ortho nitro benzene ring substituents is 2. The molecule has 1 heterocycles. The Labute approximate surface area is 274 Å². The van der Waals surface area contributed by atoms with Gasteiger partial charge in [0.15, 0.2) is 0 Å². The van der Waals surface area contributed by atoms with Crippen LogP contribution >= 0.6 is 20.2 Å². The number of nitro benzene ring substituents is 2. The summed E-state index contributed by atoms with van der Waals surface area (Å²) in [6.07, 6.45) is 0. The number of nitrogens with zero attached hydrogens (tertiary/aromatic N) is 5. The van der Waals surface area contributed by atoms with Gasteiger partial charge in [-0.2, -0.15) is 0 Å². The standard InChI is InChI=1S/C33H25N5O4.2ClH.Fe/c1-22-20-26(37(39)40)16-18-28(22)35-32(24-10-5-3-6-11-24)30-14-9-15-31(34-30)33(25-12-7-4-8-13-25)36-29-19-17-27(38(41)42)21-23(29)2;;;/h3-21H,1-2H3;2*1H;/q;;;+2/p-2. The molecular formula is C33H25Cl2FeN5O4. The first-order valence-corrected chi connectivity index (χ1v) is 16.4. The van der Waals surface area contributed by atoms with Crippen LogP contribution in [0, 0.1) is 34.1 Å². The Morgan fingerprint density at radius 1 is 0.622 bits per heavy atom. The third-order valence-corrected chi connectivity index (χ3v) is 6.58. The molecule has 1 aromatic heterocycles. The van der Waals surface area contributed by atoms with Gasteiger partial charge < -0.3 is 0 Å². The van der Waals surface area contributed by atoms with E-state index in [2.05, 4.69) is 0 Å². The molecule has 5 rings (SSSR count). The Morgan fingerprint density at radius 2 is 1.00 bits per heavy atom. The molecular weight excluding hydrogens is 657 g/mol. The zero-order valence-electron chi connectivity index (χ0n) is 23.9. The third kappa shape index (κ3) is 8.68. The van der Waals surface area contributed by atoms with Crippen molar-refractivity contribution >= 4 is 54.4 Å². The summed E-state index contributed by atoms with van der Waals surface area (Å²) in [6.45, 7) is 3.57. The predicted octanol–water partition coefficient (Wildman–Crippen LogP) is 9.23. The van der Waals surface area contributed by atoms with E-state index in [9.17, 15) is 20.2 Å². The van der Waals surface area contributed by atoms with E-state index < -0.39 is 9.85 Å². The van der Waals surface area contributed by atoms with E-state index in [0.717, 1.165) is 11.1 Å². The number of aryl methyl sites for hydroxylation is 2. The van der Waals surface area contributed by atoms with Gasteiger partial charge in [-0.15, -0.1) is 0 Å². The molecule has 9 nitrogen and oxygen atoms in total. The van der Waals surface area contributed by atoms with Gasteiger partial charge in [-0.1, -0.05) is 66.7 Å². The summed E-state index contributed by atoms with van der Waals surface area (Å²) in [4.78, 5) is 36.5. The molecule has 0 saturated heterocycles. The SMILES string of the molecule is Cc1cc([N+](=O)[O-])ccc1N=C(c1ccccc1)c1cccc(C(=Nc2ccc([N+](=O)[O-])cc2C)c2ccccc2)n1.[Cl][Fe][Cl]. The number of aromatic nitrogens is 1. The summed E-state index contributed by atoms with van der Waals surface area (Å²) in [5, 5.41) is 22.5. The molecule has 0 atom stereocenters. The molecule has 12 heteroatoms. The van der Waals surface area contributed by atoms with Gasteiger partial charge in [0.25, 0.3) is 11.4 Å². The fourth-order valence-corrected chi connectivity index (χ4v) is 4.43. The average Bonchev–Trinajstić information content (AvgIpc) is 3.04. The van der Waals surface area contributed by atoms with Crippen molar-refractivity contribution in [3.05, 3.63) is 169 Å². The molecule has 0 amide bonds. The summed E-state index contributed by atoms with van der Waals surface area (Å²) in [5.41, 5.74) is 6.49. The molecule has 45 heavy (non-hydrogen) atoms. The summed E-state index contributed by atoms with van der Waals surface area (Å²) in [7, 11) is 9.53. The van der Waals surface area contributed by atoms with Crippen molar-refractivity contribution < 1.29 is 23.0 Å². The van der Waals surface area contributed by atoms with Crippen LogP contribution in [0.15, 0.2) is 125 Å². The Balaban J connectivity index is 0.00000148. The topological polar surface area (TPSA) is 124 Å². The number of hydrogen-bond acceptors (Lipinski definition) is 7. The molecule has 0 fully saturated rings. The van der Waals surface area contributed by atoms with Gasteiger partial charge in [0.05, 0.1) is 44.0 Å². The van der Waals surface area contributed by atoms with Gasteiger partial charge in [-0.05, 0) is 49.2 Å². The first-order valence-electron chi connectivity index (χ1n) is 13.3. The van der Waals surface area contributed by atoms with E-state index >= 15 is 0 Å². The van der Waals surface area contributed by atoms with E-state index in [1.54, 1.807) is 26.0 Å². The van der Waals surface area contributed by atoms with Crippen molar-refractivity contribution in [2.45, 2.75) is 13.8 Å². The number of rotatable bonds is 8. The molecule has 5 aromatic rings. The maximum absolute atomic E-state index is 11.3. The van der Waals surface area contributed by atoms with Crippen LogP contribution in [0.3, 0.4) is 0 Å². The Morgan fingerprint density at radius 3 is 1.33 bits per heavy atom. The summed E-state index contributed by atoms with van der Waals surface area (Å²) in [5.74, 6) is 0. The average molecular weight is 682 g/mol. The number of halogens is 2. The molecule has 4 aromatic carbocycles. The second-order valence-electron chi connectivity index (χ2n) is 9.57. The van der Waals surface area contributed by atoms with Crippen molar-refractivity contribution in [2.24, 2.45) is 9.98 Å². The Bertz CT molecular complexity index is 1760. The summed E-state index contributed by atoms with van der Waals surface area (Å²) >= 11 is 0.194. The van der Waals surface area contributed by atoms with Crippen LogP contribution in [0.1, 0.15) is 33.6 Å². The first-order chi connectivity index (χ1) is 21.7. The molecule has 0 radical (unpaired) electrons. The van der Waals surface area contributed by atoms with Gasteiger partial charge in [0.1, 0.15) is 0 Å². The maximum atomic E-state index is 11.3. The minimum absolute atomic E-state index is 0.00177. The van der Waals surface area contributed by atoms with Crippen LogP contribution in [-0.4, -0.2) is 26.3 Å². The second-order valence-corrected chi connectivity index (χ2v) is 11.4. The normalized spacial score (nSPS) is 11.5. The van der Waals surface area contributed by atoms with Gasteiger partial charge in [0, 0.05) is 35.4 Å². The van der Waals surface area contributed by atoms with Gasteiger partial charge in [-0.25, -0.2) is 15.0 Å². The molecule has 0 bridgehead atoms. The first kappa shape index (κ1) is 33.2. The van der Waals surface area contributed by atoms with Crippen LogP contribution in [-0.2, 0) is 13.1 Å². The van der Waals surface area contributed by atoms with Gasteiger partial charge in [0.2, 0.25) is 0 Å². The van der Waals surface area contributed by atoms with Crippen molar-refractivity contribution in [2.75, 3.05) is 0 Å². The number of aliphatic imine (C=N–C) groups is 2. The summed E-state index contributed by atoms with van der Waals surface area (Å²) < 4.78 is 0. The molecule has 0 aliphatic carbocycles. The van der Waals surface area contributed by atoms with Crippen molar-refractivity contribution in [1.82, 2.24) is 4.98 Å². The van der Waals surface area contributed by atoms with E-state index in [-0.39, 0.29) is 24.5 Å². The quantitative estimate of drug-likeness (QED) is 0.0699. The van der Waals surface area contributed by atoms with E-state index in [1.807, 2.05) is 78.9 Å². The van der Waals surface area contributed by atoms with Crippen LogP contribution in [0.4, 0.5) is 22.7 Å². The predicted molar refractivity (Wildman–Crippen MR) is 175 cm³/mol. The number of pyridine rings is 1. The molecule has 0 spiro atoms. The number of benzene rings is 4. The van der Waals surface area contributed by atoms with Crippen LogP contribution in [0.2, 0.25) is 0 Å². The summed E-state index contributed by atoms with van der Waals surface area (Å²) in [6, 6.07) is 33.9. The van der Waals surface area contributed by atoms with Crippen LogP contribution in [0.25, 0.3) is 0 Å². The van der Waals surface area contributed by atoms with Crippen molar-refractivity contribution in [3.63, 3.8) is 0 Å². The molecule has 0 saturated carbocycles. The molecule has 0 N–H and O–H groups in total. The van der Waals surface area contributed by atoms with Crippen LogP contribution in [0.5, 0.6) is 0 Å². The number of nitro groups is 2.